The van der Waals surface area contributed by atoms with Crippen molar-refractivity contribution in [3.63, 3.8) is 0 Å². The predicted molar refractivity (Wildman–Crippen MR) is 51.4 cm³/mol. The second-order valence-corrected chi connectivity index (χ2v) is 2.76. The van der Waals surface area contributed by atoms with Gasteiger partial charge in [-0.05, 0) is 24.8 Å². The Balaban J connectivity index is 3.12. The zero-order chi connectivity index (χ0) is 9.14. The first kappa shape index (κ1) is 8.65. The molecule has 64 valence electrons. The Labute approximate surface area is 72.8 Å². The number of aryl methyl sites for hydroxylation is 1. The van der Waals surface area contributed by atoms with E-state index in [4.69, 9.17) is 0 Å². The fourth-order valence-corrected chi connectivity index (χ4v) is 1.08. The van der Waals surface area contributed by atoms with Crippen molar-refractivity contribution in [1.82, 2.24) is 0 Å². The van der Waals surface area contributed by atoms with Crippen LogP contribution in [0.3, 0.4) is 0 Å². The van der Waals surface area contributed by atoms with E-state index in [9.17, 15) is 5.11 Å². The van der Waals surface area contributed by atoms with Crippen LogP contribution in [-0.2, 0) is 0 Å². The van der Waals surface area contributed by atoms with Gasteiger partial charge in [-0.2, -0.15) is 0 Å². The number of hydrogen-bond donors (Lipinski definition) is 1. The molecular formula is C10H13NO. The average molecular weight is 163 g/mol. The standard InChI is InChI=1S/C10H13NO/c1-4-11(3)10-7-9(12)6-5-8(10)2/h4-7,12H,1H2,2-3H3. The molecule has 0 bridgehead atoms. The summed E-state index contributed by atoms with van der Waals surface area (Å²) in [5.74, 6) is 0.282. The lowest BCUT2D eigenvalue weighted by Crippen LogP contribution is -2.08. The smallest absolute Gasteiger partial charge is 0.117 e. The van der Waals surface area contributed by atoms with Crippen molar-refractivity contribution in [2.75, 3.05) is 11.9 Å². The van der Waals surface area contributed by atoms with Crippen LogP contribution >= 0.6 is 0 Å². The minimum absolute atomic E-state index is 0.282. The van der Waals surface area contributed by atoms with E-state index in [0.717, 1.165) is 11.3 Å². The van der Waals surface area contributed by atoms with Gasteiger partial charge in [0.05, 0.1) is 0 Å². The molecule has 2 heteroatoms. The lowest BCUT2D eigenvalue weighted by atomic mass is 10.2. The maximum Gasteiger partial charge on any atom is 0.117 e. The Hall–Kier alpha value is -1.44. The van der Waals surface area contributed by atoms with Crippen LogP contribution in [-0.4, -0.2) is 12.2 Å². The number of rotatable bonds is 2. The van der Waals surface area contributed by atoms with Gasteiger partial charge in [-0.25, -0.2) is 0 Å². The number of anilines is 1. The van der Waals surface area contributed by atoms with E-state index in [1.165, 1.54) is 0 Å². The number of hydrogen-bond acceptors (Lipinski definition) is 2. The van der Waals surface area contributed by atoms with E-state index >= 15 is 0 Å². The number of aromatic hydroxyl groups is 1. The first-order valence-electron chi connectivity index (χ1n) is 3.80. The molecule has 0 radical (unpaired) electrons. The van der Waals surface area contributed by atoms with Crippen LogP contribution < -0.4 is 4.90 Å². The van der Waals surface area contributed by atoms with Crippen LogP contribution in [0.1, 0.15) is 5.56 Å². The summed E-state index contributed by atoms with van der Waals surface area (Å²) in [6.45, 7) is 5.65. The second-order valence-electron chi connectivity index (χ2n) is 2.76. The van der Waals surface area contributed by atoms with Crippen LogP contribution in [0, 0.1) is 6.92 Å². The highest BCUT2D eigenvalue weighted by atomic mass is 16.3. The fourth-order valence-electron chi connectivity index (χ4n) is 1.08. The van der Waals surface area contributed by atoms with Crippen molar-refractivity contribution in [1.29, 1.82) is 0 Å². The molecule has 1 rings (SSSR count). The van der Waals surface area contributed by atoms with Crippen molar-refractivity contribution < 1.29 is 5.11 Å². The van der Waals surface area contributed by atoms with Gasteiger partial charge in [-0.15, -0.1) is 0 Å². The topological polar surface area (TPSA) is 23.5 Å². The molecule has 1 aromatic rings. The normalized spacial score (nSPS) is 9.50. The molecule has 0 atom stereocenters. The lowest BCUT2D eigenvalue weighted by molar-refractivity contribution is 0.475. The van der Waals surface area contributed by atoms with Gasteiger partial charge in [-0.3, -0.25) is 0 Å². The Morgan fingerprint density at radius 1 is 1.50 bits per heavy atom. The first-order valence-corrected chi connectivity index (χ1v) is 3.80. The molecule has 0 aliphatic rings. The van der Waals surface area contributed by atoms with Crippen LogP contribution in [0.4, 0.5) is 5.69 Å². The molecule has 1 aromatic carbocycles. The van der Waals surface area contributed by atoms with Crippen LogP contribution in [0.2, 0.25) is 0 Å². The highest BCUT2D eigenvalue weighted by Gasteiger charge is 2.01. The summed E-state index contributed by atoms with van der Waals surface area (Å²) >= 11 is 0. The lowest BCUT2D eigenvalue weighted by Gasteiger charge is -2.16. The summed E-state index contributed by atoms with van der Waals surface area (Å²) < 4.78 is 0. The third kappa shape index (κ3) is 1.59. The van der Waals surface area contributed by atoms with E-state index in [1.807, 2.05) is 24.9 Å². The molecule has 0 heterocycles. The van der Waals surface area contributed by atoms with Crippen molar-refractivity contribution in [2.24, 2.45) is 0 Å². The van der Waals surface area contributed by atoms with Crippen molar-refractivity contribution in [3.8, 4) is 5.75 Å². The predicted octanol–water partition coefficient (Wildman–Crippen LogP) is 2.28. The molecular weight excluding hydrogens is 150 g/mol. The maximum absolute atomic E-state index is 9.22. The summed E-state index contributed by atoms with van der Waals surface area (Å²) in [6.07, 6.45) is 1.71. The Bertz CT molecular complexity index is 294. The largest absolute Gasteiger partial charge is 0.508 e. The second kappa shape index (κ2) is 3.30. The number of phenolic OH excluding ortho intramolecular Hbond substituents is 1. The van der Waals surface area contributed by atoms with Crippen molar-refractivity contribution >= 4 is 5.69 Å². The van der Waals surface area contributed by atoms with Gasteiger partial charge in [0.25, 0.3) is 0 Å². The number of benzene rings is 1. The summed E-state index contributed by atoms with van der Waals surface area (Å²) in [4.78, 5) is 1.87. The van der Waals surface area contributed by atoms with Gasteiger partial charge < -0.3 is 10.0 Å². The fraction of sp³-hybridized carbons (Fsp3) is 0.200. The molecule has 0 aliphatic carbocycles. The molecule has 1 N–H and O–H groups in total. The molecule has 0 aliphatic heterocycles. The number of phenols is 1. The molecule has 0 aromatic heterocycles. The van der Waals surface area contributed by atoms with Gasteiger partial charge in [-0.1, -0.05) is 12.6 Å². The van der Waals surface area contributed by atoms with Gasteiger partial charge in [0.15, 0.2) is 0 Å². The molecule has 0 amide bonds. The Morgan fingerprint density at radius 2 is 2.17 bits per heavy atom. The van der Waals surface area contributed by atoms with Crippen LogP contribution in [0.15, 0.2) is 31.0 Å². The van der Waals surface area contributed by atoms with Crippen LogP contribution in [0.5, 0.6) is 5.75 Å². The molecule has 0 saturated heterocycles. The molecule has 0 fully saturated rings. The number of nitrogens with zero attached hydrogens (tertiary/aromatic N) is 1. The zero-order valence-corrected chi connectivity index (χ0v) is 7.41. The Morgan fingerprint density at radius 3 is 2.75 bits per heavy atom. The summed E-state index contributed by atoms with van der Waals surface area (Å²) in [6, 6.07) is 5.28. The SMILES string of the molecule is C=CN(C)c1cc(O)ccc1C. The molecule has 2 nitrogen and oxygen atoms in total. The summed E-state index contributed by atoms with van der Waals surface area (Å²) in [5.41, 5.74) is 2.10. The van der Waals surface area contributed by atoms with E-state index in [-0.39, 0.29) is 5.75 Å². The third-order valence-corrected chi connectivity index (χ3v) is 1.85. The third-order valence-electron chi connectivity index (χ3n) is 1.85. The highest BCUT2D eigenvalue weighted by Crippen LogP contribution is 2.23. The minimum Gasteiger partial charge on any atom is -0.508 e. The molecule has 0 unspecified atom stereocenters. The Kier molecular flexibility index (Phi) is 2.38. The van der Waals surface area contributed by atoms with Crippen molar-refractivity contribution in [2.45, 2.75) is 6.92 Å². The summed E-state index contributed by atoms with van der Waals surface area (Å²) in [7, 11) is 1.90. The van der Waals surface area contributed by atoms with Gasteiger partial charge in [0, 0.05) is 18.8 Å². The van der Waals surface area contributed by atoms with E-state index in [1.54, 1.807) is 18.3 Å². The average Bonchev–Trinajstić information content (AvgIpc) is 2.08. The minimum atomic E-state index is 0.282. The first-order chi connectivity index (χ1) is 5.65. The van der Waals surface area contributed by atoms with E-state index in [2.05, 4.69) is 6.58 Å². The van der Waals surface area contributed by atoms with Gasteiger partial charge in [0.1, 0.15) is 5.75 Å². The zero-order valence-electron chi connectivity index (χ0n) is 7.41. The highest BCUT2D eigenvalue weighted by molar-refractivity contribution is 5.57. The molecule has 12 heavy (non-hydrogen) atoms. The van der Waals surface area contributed by atoms with Gasteiger partial charge >= 0.3 is 0 Å². The van der Waals surface area contributed by atoms with E-state index < -0.39 is 0 Å². The molecule has 0 saturated carbocycles. The quantitative estimate of drug-likeness (QED) is 0.723. The maximum atomic E-state index is 9.22. The van der Waals surface area contributed by atoms with E-state index in [0.29, 0.717) is 0 Å². The van der Waals surface area contributed by atoms with Crippen molar-refractivity contribution in [3.05, 3.63) is 36.5 Å². The van der Waals surface area contributed by atoms with Crippen LogP contribution in [0.25, 0.3) is 0 Å². The monoisotopic (exact) mass is 163 g/mol. The summed E-state index contributed by atoms with van der Waals surface area (Å²) in [5, 5.41) is 9.22. The molecule has 0 spiro atoms. The van der Waals surface area contributed by atoms with Gasteiger partial charge in [0.2, 0.25) is 0 Å².